The highest BCUT2D eigenvalue weighted by Crippen LogP contribution is 2.64. The number of rotatable bonds is 4. The topological polar surface area (TPSA) is 96.7 Å². The molecule has 3 rings (SSSR count). The van der Waals surface area contributed by atoms with E-state index in [1.54, 1.807) is 31.2 Å². The summed E-state index contributed by atoms with van der Waals surface area (Å²) >= 11 is 0. The van der Waals surface area contributed by atoms with Gasteiger partial charge >= 0.3 is 5.97 Å². The Bertz CT molecular complexity index is 712. The molecule has 0 radical (unpaired) electrons. The molecule has 1 saturated heterocycles. The van der Waals surface area contributed by atoms with E-state index in [9.17, 15) is 19.6 Å². The Labute approximate surface area is 132 Å². The maximum absolute atomic E-state index is 12.5. The number of ether oxygens (including phenoxy) is 2. The van der Waals surface area contributed by atoms with E-state index >= 15 is 0 Å². The van der Waals surface area contributed by atoms with Crippen molar-refractivity contribution in [3.63, 3.8) is 0 Å². The van der Waals surface area contributed by atoms with Gasteiger partial charge in [0.1, 0.15) is 5.75 Å². The van der Waals surface area contributed by atoms with Crippen LogP contribution in [0.1, 0.15) is 6.92 Å². The molecule has 0 N–H and O–H groups in total. The van der Waals surface area contributed by atoms with Gasteiger partial charge in [0.05, 0.1) is 37.3 Å². The highest BCUT2D eigenvalue weighted by Gasteiger charge is 2.83. The van der Waals surface area contributed by atoms with Crippen LogP contribution >= 0.6 is 0 Å². The van der Waals surface area contributed by atoms with E-state index < -0.39 is 35.0 Å². The monoisotopic (exact) mass is 314 g/mol. The van der Waals surface area contributed by atoms with E-state index in [-0.39, 0.29) is 6.61 Å². The van der Waals surface area contributed by atoms with Crippen molar-refractivity contribution < 1.29 is 23.9 Å². The average molecular weight is 314 g/mol. The number of anilines is 1. The number of amides is 2. The Kier molecular flexibility index (Phi) is 3.33. The number of methoxy groups -OCH3 is 1. The predicted molar refractivity (Wildman–Crippen MR) is 77.1 cm³/mol. The molecule has 1 aliphatic carbocycles. The summed E-state index contributed by atoms with van der Waals surface area (Å²) in [6, 6.07) is 8.24. The van der Waals surface area contributed by atoms with Gasteiger partial charge in [-0.15, -0.1) is 0 Å². The lowest BCUT2D eigenvalue weighted by atomic mass is 10.0. The third-order valence-corrected chi connectivity index (χ3v) is 4.31. The van der Waals surface area contributed by atoms with Crippen LogP contribution in [0.4, 0.5) is 5.69 Å². The first-order valence-corrected chi connectivity index (χ1v) is 7.13. The summed E-state index contributed by atoms with van der Waals surface area (Å²) in [4.78, 5) is 38.0. The number of piperidine rings is 1. The Hall–Kier alpha value is -2.88. The fraction of sp³-hybridized carbons (Fsp3) is 0.375. The van der Waals surface area contributed by atoms with Crippen molar-refractivity contribution in [3.05, 3.63) is 24.3 Å². The molecule has 2 fully saturated rings. The highest BCUT2D eigenvalue weighted by atomic mass is 16.5. The number of esters is 1. The summed E-state index contributed by atoms with van der Waals surface area (Å²) in [5.74, 6) is -3.20. The molecular weight excluding hydrogens is 300 g/mol. The number of imide groups is 1. The predicted octanol–water partition coefficient (Wildman–Crippen LogP) is 0.887. The van der Waals surface area contributed by atoms with Crippen LogP contribution in [0.15, 0.2) is 24.3 Å². The molecule has 1 aliphatic heterocycles. The van der Waals surface area contributed by atoms with Crippen molar-refractivity contribution in [2.24, 2.45) is 17.3 Å². The van der Waals surface area contributed by atoms with Crippen LogP contribution in [0.5, 0.6) is 5.75 Å². The maximum atomic E-state index is 12.5. The molecule has 1 saturated carbocycles. The van der Waals surface area contributed by atoms with Gasteiger partial charge in [0.15, 0.2) is 5.41 Å². The third-order valence-electron chi connectivity index (χ3n) is 4.31. The molecule has 2 aliphatic rings. The lowest BCUT2D eigenvalue weighted by molar-refractivity contribution is -0.150. The first-order valence-electron chi connectivity index (χ1n) is 7.13. The average Bonchev–Trinajstić information content (AvgIpc) is 3.18. The largest absolute Gasteiger partial charge is 0.497 e. The van der Waals surface area contributed by atoms with Crippen molar-refractivity contribution in [1.29, 1.82) is 5.26 Å². The summed E-state index contributed by atoms with van der Waals surface area (Å²) in [6.07, 6.45) is 0. The first kappa shape index (κ1) is 15.0. The van der Waals surface area contributed by atoms with Gasteiger partial charge in [-0.2, -0.15) is 5.26 Å². The first-order chi connectivity index (χ1) is 11.0. The smallest absolute Gasteiger partial charge is 0.328 e. The standard InChI is InChI=1S/C16H14N2O5/c1-3-23-15(21)16(8-17)11-12(16)14(20)18(13(11)19)9-4-6-10(22-2)7-5-9/h4-7,11-12H,3H2,1-2H3/t11-,12+,16?. The lowest BCUT2D eigenvalue weighted by Crippen LogP contribution is -2.40. The maximum Gasteiger partial charge on any atom is 0.328 e. The van der Waals surface area contributed by atoms with Crippen molar-refractivity contribution in [3.8, 4) is 11.8 Å². The Morgan fingerprint density at radius 3 is 2.26 bits per heavy atom. The summed E-state index contributed by atoms with van der Waals surface area (Å²) in [5.41, 5.74) is -1.27. The zero-order valence-corrected chi connectivity index (χ0v) is 12.6. The fourth-order valence-corrected chi connectivity index (χ4v) is 3.12. The molecule has 0 bridgehead atoms. The van der Waals surface area contributed by atoms with Gasteiger partial charge in [-0.3, -0.25) is 14.4 Å². The van der Waals surface area contributed by atoms with Crippen molar-refractivity contribution in [1.82, 2.24) is 0 Å². The molecule has 0 spiro atoms. The van der Waals surface area contributed by atoms with Gasteiger partial charge in [-0.1, -0.05) is 0 Å². The van der Waals surface area contributed by atoms with E-state index in [0.717, 1.165) is 4.90 Å². The number of nitrogens with zero attached hydrogens (tertiary/aromatic N) is 2. The molecule has 7 nitrogen and oxygen atoms in total. The third kappa shape index (κ3) is 1.84. The van der Waals surface area contributed by atoms with Gasteiger partial charge in [0.25, 0.3) is 0 Å². The van der Waals surface area contributed by atoms with E-state index in [4.69, 9.17) is 9.47 Å². The second-order valence-corrected chi connectivity index (χ2v) is 5.37. The Balaban J connectivity index is 1.89. The fourth-order valence-electron chi connectivity index (χ4n) is 3.12. The van der Waals surface area contributed by atoms with E-state index in [2.05, 4.69) is 0 Å². The molecule has 3 atom stereocenters. The van der Waals surface area contributed by atoms with Crippen LogP contribution in [-0.2, 0) is 19.1 Å². The summed E-state index contributed by atoms with van der Waals surface area (Å²) in [6.45, 7) is 1.70. The van der Waals surface area contributed by atoms with Crippen LogP contribution in [0.2, 0.25) is 0 Å². The molecule has 7 heteroatoms. The number of fused-ring (bicyclic) bond motifs is 1. The molecule has 2 amide bonds. The van der Waals surface area contributed by atoms with Gasteiger partial charge < -0.3 is 9.47 Å². The van der Waals surface area contributed by atoms with E-state index in [0.29, 0.717) is 11.4 Å². The Morgan fingerprint density at radius 1 is 1.26 bits per heavy atom. The lowest BCUT2D eigenvalue weighted by Gasteiger charge is -2.20. The van der Waals surface area contributed by atoms with Crippen LogP contribution < -0.4 is 9.64 Å². The molecule has 0 aromatic heterocycles. The quantitative estimate of drug-likeness (QED) is 0.605. The second-order valence-electron chi connectivity index (χ2n) is 5.37. The number of nitriles is 1. The van der Waals surface area contributed by atoms with Gasteiger partial charge in [0.2, 0.25) is 11.8 Å². The van der Waals surface area contributed by atoms with Crippen LogP contribution in [0.25, 0.3) is 0 Å². The van der Waals surface area contributed by atoms with Gasteiger partial charge in [0, 0.05) is 0 Å². The minimum absolute atomic E-state index is 0.0896. The van der Waals surface area contributed by atoms with Gasteiger partial charge in [-0.25, -0.2) is 4.90 Å². The SMILES string of the molecule is CCOC(=O)C1(C#N)[C@@H]2C(=O)N(c3ccc(OC)cc3)C(=O)[C@@H]21. The number of hydrogen-bond donors (Lipinski definition) is 0. The number of hydrogen-bond acceptors (Lipinski definition) is 6. The van der Waals surface area contributed by atoms with Crippen molar-refractivity contribution in [2.75, 3.05) is 18.6 Å². The molecule has 1 aromatic rings. The molecule has 118 valence electrons. The summed E-state index contributed by atoms with van der Waals surface area (Å²) < 4.78 is 9.90. The minimum Gasteiger partial charge on any atom is -0.497 e. The van der Waals surface area contributed by atoms with E-state index in [1.807, 2.05) is 6.07 Å². The zero-order valence-electron chi connectivity index (χ0n) is 12.6. The van der Waals surface area contributed by atoms with Crippen LogP contribution in [0.3, 0.4) is 0 Å². The normalized spacial score (nSPS) is 28.1. The highest BCUT2D eigenvalue weighted by molar-refractivity contribution is 6.29. The molecule has 1 unspecified atom stereocenters. The minimum atomic E-state index is -1.66. The van der Waals surface area contributed by atoms with E-state index in [1.165, 1.54) is 7.11 Å². The molecule has 23 heavy (non-hydrogen) atoms. The number of benzene rings is 1. The van der Waals surface area contributed by atoms with Crippen LogP contribution in [-0.4, -0.2) is 31.5 Å². The molecule has 1 aromatic carbocycles. The summed E-state index contributed by atoms with van der Waals surface area (Å²) in [7, 11) is 1.51. The number of carbonyl (C=O) groups excluding carboxylic acids is 3. The molecule has 1 heterocycles. The van der Waals surface area contributed by atoms with Crippen LogP contribution in [0, 0.1) is 28.6 Å². The van der Waals surface area contributed by atoms with Crippen molar-refractivity contribution >= 4 is 23.5 Å². The number of carbonyl (C=O) groups is 3. The zero-order chi connectivity index (χ0) is 16.8. The van der Waals surface area contributed by atoms with Gasteiger partial charge in [-0.05, 0) is 31.2 Å². The second kappa shape index (κ2) is 5.09. The summed E-state index contributed by atoms with van der Waals surface area (Å²) in [5, 5.41) is 9.33. The van der Waals surface area contributed by atoms with Crippen molar-refractivity contribution in [2.45, 2.75) is 6.92 Å². The molecular formula is C16H14N2O5. The Morgan fingerprint density at radius 2 is 1.83 bits per heavy atom.